The smallest absolute Gasteiger partial charge is 0.256 e. The van der Waals surface area contributed by atoms with Crippen molar-refractivity contribution in [1.82, 2.24) is 14.7 Å². The number of rotatable bonds is 4. The van der Waals surface area contributed by atoms with Crippen LogP contribution < -0.4 is 10.1 Å². The maximum absolute atomic E-state index is 13.9. The summed E-state index contributed by atoms with van der Waals surface area (Å²) in [4.78, 5) is 17.6. The summed E-state index contributed by atoms with van der Waals surface area (Å²) < 4.78 is 40.5. The van der Waals surface area contributed by atoms with E-state index in [-0.39, 0.29) is 5.91 Å². The molecule has 2 aliphatic carbocycles. The zero-order chi connectivity index (χ0) is 20.2. The molecule has 3 fully saturated rings. The van der Waals surface area contributed by atoms with E-state index in [1.807, 2.05) is 10.6 Å². The van der Waals surface area contributed by atoms with Crippen LogP contribution in [0.2, 0.25) is 0 Å². The SMILES string of the molecule is COc1cc2nc(C3CCOCC3)cn2cc1C(=O)NC1CCCC2C1C2(F)F. The lowest BCUT2D eigenvalue weighted by Crippen LogP contribution is -2.39. The molecule has 0 aromatic carbocycles. The number of imidazole rings is 1. The second-order valence-electron chi connectivity index (χ2n) is 8.39. The molecule has 1 saturated heterocycles. The lowest BCUT2D eigenvalue weighted by atomic mass is 9.95. The molecule has 2 saturated carbocycles. The molecule has 156 valence electrons. The summed E-state index contributed by atoms with van der Waals surface area (Å²) in [5, 5.41) is 2.84. The van der Waals surface area contributed by atoms with Crippen LogP contribution in [0.5, 0.6) is 5.75 Å². The lowest BCUT2D eigenvalue weighted by molar-refractivity contribution is 0.0769. The Morgan fingerprint density at radius 1 is 1.28 bits per heavy atom. The number of nitrogens with zero attached hydrogens (tertiary/aromatic N) is 2. The third kappa shape index (κ3) is 3.17. The number of hydrogen-bond donors (Lipinski definition) is 1. The Morgan fingerprint density at radius 3 is 2.83 bits per heavy atom. The van der Waals surface area contributed by atoms with Crippen molar-refractivity contribution in [3.8, 4) is 5.75 Å². The fourth-order valence-corrected chi connectivity index (χ4v) is 5.05. The molecule has 29 heavy (non-hydrogen) atoms. The number of carbonyl (C=O) groups is 1. The van der Waals surface area contributed by atoms with E-state index in [1.165, 1.54) is 7.11 Å². The number of carbonyl (C=O) groups excluding carboxylic acids is 1. The summed E-state index contributed by atoms with van der Waals surface area (Å²) in [6.45, 7) is 1.45. The van der Waals surface area contributed by atoms with Crippen molar-refractivity contribution in [2.75, 3.05) is 20.3 Å². The first-order valence-electron chi connectivity index (χ1n) is 10.3. The molecule has 0 bridgehead atoms. The van der Waals surface area contributed by atoms with E-state index in [0.717, 1.165) is 31.7 Å². The maximum Gasteiger partial charge on any atom is 0.256 e. The van der Waals surface area contributed by atoms with Gasteiger partial charge in [0.05, 0.1) is 24.3 Å². The van der Waals surface area contributed by atoms with E-state index in [2.05, 4.69) is 5.32 Å². The van der Waals surface area contributed by atoms with Gasteiger partial charge in [-0.1, -0.05) is 6.42 Å². The molecule has 1 aliphatic heterocycles. The molecule has 0 radical (unpaired) electrons. The van der Waals surface area contributed by atoms with Crippen LogP contribution in [-0.4, -0.2) is 47.6 Å². The van der Waals surface area contributed by atoms with Crippen LogP contribution in [0.15, 0.2) is 18.5 Å². The number of aromatic nitrogens is 2. The Labute approximate surface area is 167 Å². The second-order valence-corrected chi connectivity index (χ2v) is 8.39. The van der Waals surface area contributed by atoms with Crippen molar-refractivity contribution in [1.29, 1.82) is 0 Å². The highest BCUT2D eigenvalue weighted by Gasteiger charge is 2.71. The van der Waals surface area contributed by atoms with Gasteiger partial charge in [0.15, 0.2) is 0 Å². The minimum absolute atomic E-state index is 0.335. The molecule has 1 amide bonds. The maximum atomic E-state index is 13.9. The van der Waals surface area contributed by atoms with Crippen molar-refractivity contribution in [3.05, 3.63) is 29.7 Å². The molecule has 3 atom stereocenters. The van der Waals surface area contributed by atoms with E-state index in [4.69, 9.17) is 14.5 Å². The van der Waals surface area contributed by atoms with Gasteiger partial charge in [-0.15, -0.1) is 0 Å². The van der Waals surface area contributed by atoms with Crippen molar-refractivity contribution < 1.29 is 23.0 Å². The van der Waals surface area contributed by atoms with Crippen molar-refractivity contribution in [2.45, 2.75) is 50.0 Å². The molecule has 8 heteroatoms. The molecule has 2 aromatic rings. The molecule has 0 spiro atoms. The standard InChI is InChI=1S/C21H25F2N3O3/c1-28-17-9-18-24-16(12-5-7-29-8-6-12)11-26(18)10-13(17)20(27)25-15-4-2-3-14-19(15)21(14,22)23/h9-12,14-15,19H,2-8H2,1H3,(H,25,27). The minimum atomic E-state index is -2.65. The summed E-state index contributed by atoms with van der Waals surface area (Å²) in [5.74, 6) is -3.61. The van der Waals surface area contributed by atoms with Crippen LogP contribution >= 0.6 is 0 Å². The van der Waals surface area contributed by atoms with Gasteiger partial charge in [-0.25, -0.2) is 13.8 Å². The van der Waals surface area contributed by atoms with Crippen molar-refractivity contribution in [2.24, 2.45) is 11.8 Å². The lowest BCUT2D eigenvalue weighted by Gasteiger charge is -2.22. The van der Waals surface area contributed by atoms with Gasteiger partial charge in [0.1, 0.15) is 11.4 Å². The Bertz CT molecular complexity index is 939. The number of pyridine rings is 1. The van der Waals surface area contributed by atoms with E-state index < -0.39 is 23.8 Å². The van der Waals surface area contributed by atoms with E-state index in [1.54, 1.807) is 12.3 Å². The summed E-state index contributed by atoms with van der Waals surface area (Å²) in [6.07, 6.45) is 7.32. The van der Waals surface area contributed by atoms with Crippen LogP contribution in [-0.2, 0) is 4.74 Å². The van der Waals surface area contributed by atoms with E-state index >= 15 is 0 Å². The van der Waals surface area contributed by atoms with E-state index in [9.17, 15) is 13.6 Å². The number of alkyl halides is 2. The molecule has 2 aromatic heterocycles. The van der Waals surface area contributed by atoms with Gasteiger partial charge in [0.25, 0.3) is 11.8 Å². The quantitative estimate of drug-likeness (QED) is 0.847. The van der Waals surface area contributed by atoms with Crippen molar-refractivity contribution >= 4 is 11.6 Å². The summed E-state index contributed by atoms with van der Waals surface area (Å²) in [7, 11) is 1.50. The highest BCUT2D eigenvalue weighted by molar-refractivity contribution is 5.97. The highest BCUT2D eigenvalue weighted by Crippen LogP contribution is 2.62. The van der Waals surface area contributed by atoms with Gasteiger partial charge < -0.3 is 19.2 Å². The van der Waals surface area contributed by atoms with Crippen molar-refractivity contribution in [3.63, 3.8) is 0 Å². The number of fused-ring (bicyclic) bond motifs is 2. The highest BCUT2D eigenvalue weighted by atomic mass is 19.3. The average molecular weight is 405 g/mol. The first kappa shape index (κ1) is 18.8. The van der Waals surface area contributed by atoms with Crippen LogP contribution in [0.1, 0.15) is 54.1 Å². The molecule has 5 rings (SSSR count). The average Bonchev–Trinajstić information content (AvgIpc) is 3.10. The summed E-state index contributed by atoms with van der Waals surface area (Å²) in [5.41, 5.74) is 2.01. The Kier molecular flexibility index (Phi) is 4.49. The molecule has 6 nitrogen and oxygen atoms in total. The Morgan fingerprint density at radius 2 is 2.07 bits per heavy atom. The third-order valence-corrected chi connectivity index (χ3v) is 6.72. The molecule has 1 N–H and O–H groups in total. The first-order chi connectivity index (χ1) is 14.0. The van der Waals surface area contributed by atoms with Gasteiger partial charge in [-0.05, 0) is 25.7 Å². The van der Waals surface area contributed by atoms with Gasteiger partial charge in [0.2, 0.25) is 0 Å². The van der Waals surface area contributed by atoms with Gasteiger partial charge >= 0.3 is 0 Å². The van der Waals surface area contributed by atoms with Gasteiger partial charge in [-0.3, -0.25) is 4.79 Å². The van der Waals surface area contributed by atoms with Gasteiger partial charge in [-0.2, -0.15) is 0 Å². The topological polar surface area (TPSA) is 64.9 Å². The van der Waals surface area contributed by atoms with Crippen LogP contribution in [0.4, 0.5) is 8.78 Å². The fourth-order valence-electron chi connectivity index (χ4n) is 5.05. The number of ether oxygens (including phenoxy) is 2. The largest absolute Gasteiger partial charge is 0.496 e. The normalized spacial score (nSPS) is 28.7. The predicted molar refractivity (Wildman–Crippen MR) is 102 cm³/mol. The van der Waals surface area contributed by atoms with Gasteiger partial charge in [0, 0.05) is 49.6 Å². The molecule has 3 aliphatic rings. The number of nitrogens with one attached hydrogen (secondary N) is 1. The Balaban J connectivity index is 1.40. The number of halogens is 2. The van der Waals surface area contributed by atoms with E-state index in [0.29, 0.717) is 42.1 Å². The molecule has 3 heterocycles. The molecular formula is C21H25F2N3O3. The number of methoxy groups -OCH3 is 1. The van der Waals surface area contributed by atoms with Crippen LogP contribution in [0.3, 0.4) is 0 Å². The summed E-state index contributed by atoms with van der Waals surface area (Å²) >= 11 is 0. The third-order valence-electron chi connectivity index (χ3n) is 6.72. The zero-order valence-corrected chi connectivity index (χ0v) is 16.4. The first-order valence-corrected chi connectivity index (χ1v) is 10.3. The Hall–Kier alpha value is -2.22. The molecular weight excluding hydrogens is 380 g/mol. The number of hydrogen-bond acceptors (Lipinski definition) is 4. The molecule has 3 unspecified atom stereocenters. The zero-order valence-electron chi connectivity index (χ0n) is 16.4. The minimum Gasteiger partial charge on any atom is -0.496 e. The fraction of sp³-hybridized carbons (Fsp3) is 0.619. The summed E-state index contributed by atoms with van der Waals surface area (Å²) in [6, 6.07) is 1.24. The predicted octanol–water partition coefficient (Wildman–Crippen LogP) is 3.40. The second kappa shape index (κ2) is 6.93. The number of amides is 1. The van der Waals surface area contributed by atoms with Crippen LogP contribution in [0, 0.1) is 11.8 Å². The monoisotopic (exact) mass is 405 g/mol. The van der Waals surface area contributed by atoms with Crippen LogP contribution in [0.25, 0.3) is 5.65 Å².